The standard InChI is InChI=1S/C10H23N2O3.C6H10O4.C5H6O4/c11-3-1-5-13-7-9-15-10-8-14-6-2-4-12;1-9-6(8)3-2-4-10-5-7;1-9-5(8)3-2-4(6)7/h11H,1-10,12H2;2-3,7H,4-5H2,1H3;2-3H,1H3,(H,6,7)/q-1;;/p+1/b;2*3-2-. The molecule has 0 radical (unpaired) electrons. The van der Waals surface area contributed by atoms with Crippen molar-refractivity contribution in [3.63, 3.8) is 0 Å². The molecular weight excluding hydrogens is 456 g/mol. The number of carboxylic acid groups (broad SMARTS) is 1. The van der Waals surface area contributed by atoms with Crippen molar-refractivity contribution in [3.8, 4) is 0 Å². The second-order valence-corrected chi connectivity index (χ2v) is 5.77. The molecule has 0 aromatic rings. The van der Waals surface area contributed by atoms with Gasteiger partial charge in [0.1, 0.15) is 6.79 Å². The molecule has 0 rings (SSSR count). The molecule has 13 nitrogen and oxygen atoms in total. The first-order chi connectivity index (χ1) is 16.4. The highest BCUT2D eigenvalue weighted by atomic mass is 16.6. The molecule has 0 amide bonds. The number of aliphatic hydroxyl groups is 1. The number of carbonyl (C=O) groups excluding carboxylic acids is 2. The zero-order valence-corrected chi connectivity index (χ0v) is 20.1. The fourth-order valence-corrected chi connectivity index (χ4v) is 1.46. The van der Waals surface area contributed by atoms with E-state index in [1.807, 2.05) is 0 Å². The lowest BCUT2D eigenvalue weighted by atomic mass is 10.5. The molecule has 0 saturated heterocycles. The van der Waals surface area contributed by atoms with Gasteiger partial charge in [-0.25, -0.2) is 14.4 Å². The third-order valence-corrected chi connectivity index (χ3v) is 3.07. The number of aliphatic carboxylic acids is 1. The topological polar surface area (TPSA) is 198 Å². The van der Waals surface area contributed by atoms with Crippen LogP contribution in [-0.2, 0) is 42.8 Å². The van der Waals surface area contributed by atoms with Gasteiger partial charge >= 0.3 is 17.9 Å². The van der Waals surface area contributed by atoms with Crippen LogP contribution in [0.2, 0.25) is 0 Å². The second-order valence-electron chi connectivity index (χ2n) is 5.77. The summed E-state index contributed by atoms with van der Waals surface area (Å²) in [4.78, 5) is 30.2. The zero-order valence-electron chi connectivity index (χ0n) is 20.1. The Labute approximate surface area is 200 Å². The molecule has 0 bridgehead atoms. The van der Waals surface area contributed by atoms with Crippen LogP contribution in [0.3, 0.4) is 0 Å². The SMILES string of the molecule is COC(=O)/C=C\C(=O)O.COC(=O)/C=C\COCO.[NH-]CCCOCCOCCOCCC[NH3+]. The number of rotatable bonds is 18. The van der Waals surface area contributed by atoms with Crippen LogP contribution in [0.4, 0.5) is 0 Å². The van der Waals surface area contributed by atoms with Crippen LogP contribution in [0.15, 0.2) is 24.3 Å². The molecular formula is C21H40N2O11. The van der Waals surface area contributed by atoms with Crippen molar-refractivity contribution in [2.75, 3.05) is 80.4 Å². The zero-order chi connectivity index (χ0) is 26.3. The second kappa shape index (κ2) is 32.8. The Morgan fingerprint density at radius 3 is 1.74 bits per heavy atom. The predicted octanol–water partition coefficient (Wildman–Crippen LogP) is -0.407. The van der Waals surface area contributed by atoms with Crippen molar-refractivity contribution in [2.24, 2.45) is 0 Å². The Balaban J connectivity index is -0.000000444. The number of aliphatic hydroxyl groups excluding tert-OH is 1. The van der Waals surface area contributed by atoms with Crippen LogP contribution in [0, 0.1) is 0 Å². The Kier molecular flexibility index (Phi) is 34.9. The van der Waals surface area contributed by atoms with Crippen LogP contribution < -0.4 is 5.73 Å². The van der Waals surface area contributed by atoms with E-state index in [4.69, 9.17) is 30.2 Å². The maximum atomic E-state index is 10.3. The largest absolute Gasteiger partial charge is 0.677 e. The average Bonchev–Trinajstić information content (AvgIpc) is 2.84. The number of nitrogens with one attached hydrogen (secondary N) is 1. The summed E-state index contributed by atoms with van der Waals surface area (Å²) < 4.78 is 28.7. The first kappa shape index (κ1) is 36.2. The Morgan fingerprint density at radius 1 is 0.794 bits per heavy atom. The van der Waals surface area contributed by atoms with Crippen LogP contribution in [0.5, 0.6) is 0 Å². The van der Waals surface area contributed by atoms with Crippen LogP contribution >= 0.6 is 0 Å². The van der Waals surface area contributed by atoms with E-state index in [0.29, 0.717) is 45.7 Å². The van der Waals surface area contributed by atoms with E-state index < -0.39 is 17.9 Å². The number of ether oxygens (including phenoxy) is 6. The maximum Gasteiger partial charge on any atom is 0.330 e. The predicted molar refractivity (Wildman–Crippen MR) is 122 cm³/mol. The van der Waals surface area contributed by atoms with Gasteiger partial charge in [0.25, 0.3) is 0 Å². The summed E-state index contributed by atoms with van der Waals surface area (Å²) in [5, 5.41) is 16.1. The van der Waals surface area contributed by atoms with Gasteiger partial charge in [-0.1, -0.05) is 6.08 Å². The summed E-state index contributed by atoms with van der Waals surface area (Å²) in [5.41, 5.74) is 10.6. The van der Waals surface area contributed by atoms with Gasteiger partial charge in [0.05, 0.1) is 60.4 Å². The van der Waals surface area contributed by atoms with Gasteiger partial charge in [-0.05, 0) is 6.42 Å². The Hall–Kier alpha value is -2.39. The number of esters is 2. The minimum atomic E-state index is -1.17. The number of methoxy groups -OCH3 is 2. The molecule has 0 aromatic heterocycles. The Morgan fingerprint density at radius 2 is 1.29 bits per heavy atom. The first-order valence-electron chi connectivity index (χ1n) is 10.5. The smallest absolute Gasteiger partial charge is 0.330 e. The molecule has 0 aromatic carbocycles. The lowest BCUT2D eigenvalue weighted by Crippen LogP contribution is -2.50. The summed E-state index contributed by atoms with van der Waals surface area (Å²) >= 11 is 0. The minimum absolute atomic E-state index is 0.214. The van der Waals surface area contributed by atoms with Crippen molar-refractivity contribution >= 4 is 17.9 Å². The van der Waals surface area contributed by atoms with Crippen LogP contribution in [0.25, 0.3) is 5.73 Å². The highest BCUT2D eigenvalue weighted by Gasteiger charge is 1.92. The maximum absolute atomic E-state index is 10.3. The normalized spacial score (nSPS) is 10.3. The van der Waals surface area contributed by atoms with Gasteiger partial charge in [0, 0.05) is 31.3 Å². The van der Waals surface area contributed by atoms with Gasteiger partial charge in [0.2, 0.25) is 0 Å². The summed E-state index contributed by atoms with van der Waals surface area (Å²) in [6.45, 7) is 5.14. The van der Waals surface area contributed by atoms with Crippen LogP contribution in [0.1, 0.15) is 12.8 Å². The molecule has 34 heavy (non-hydrogen) atoms. The first-order valence-corrected chi connectivity index (χ1v) is 10.5. The van der Waals surface area contributed by atoms with Crippen molar-refractivity contribution in [1.82, 2.24) is 0 Å². The van der Waals surface area contributed by atoms with E-state index >= 15 is 0 Å². The third-order valence-electron chi connectivity index (χ3n) is 3.07. The highest BCUT2D eigenvalue weighted by molar-refractivity contribution is 5.90. The third kappa shape index (κ3) is 40.0. The molecule has 0 spiro atoms. The Bertz CT molecular complexity index is 517. The van der Waals surface area contributed by atoms with E-state index in [0.717, 1.165) is 32.1 Å². The van der Waals surface area contributed by atoms with Crippen LogP contribution in [-0.4, -0.2) is 108 Å². The van der Waals surface area contributed by atoms with E-state index in [1.165, 1.54) is 26.4 Å². The summed E-state index contributed by atoms with van der Waals surface area (Å²) in [7, 11) is 2.47. The van der Waals surface area contributed by atoms with E-state index in [2.05, 4.69) is 19.9 Å². The molecule has 0 heterocycles. The fourth-order valence-electron chi connectivity index (χ4n) is 1.46. The molecule has 0 aliphatic rings. The van der Waals surface area contributed by atoms with Gasteiger partial charge < -0.3 is 50.1 Å². The molecule has 0 fully saturated rings. The molecule has 0 atom stereocenters. The van der Waals surface area contributed by atoms with Gasteiger partial charge in [-0.15, -0.1) is 6.54 Å². The van der Waals surface area contributed by atoms with Gasteiger partial charge in [0.15, 0.2) is 0 Å². The van der Waals surface area contributed by atoms with E-state index in [-0.39, 0.29) is 13.4 Å². The molecule has 6 N–H and O–H groups in total. The molecule has 0 aliphatic carbocycles. The number of quaternary nitrogens is 1. The summed E-state index contributed by atoms with van der Waals surface area (Å²) in [5.74, 6) is -2.26. The van der Waals surface area contributed by atoms with Crippen molar-refractivity contribution in [2.45, 2.75) is 12.8 Å². The number of carboxylic acids is 1. The lowest BCUT2D eigenvalue weighted by molar-refractivity contribution is -0.369. The average molecular weight is 497 g/mol. The number of hydrogen-bond acceptors (Lipinski definition) is 10. The molecule has 200 valence electrons. The van der Waals surface area contributed by atoms with E-state index in [9.17, 15) is 14.4 Å². The number of carbonyl (C=O) groups is 3. The summed E-state index contributed by atoms with van der Waals surface area (Å²) in [6, 6.07) is 0. The van der Waals surface area contributed by atoms with Crippen molar-refractivity contribution < 1.29 is 58.8 Å². The van der Waals surface area contributed by atoms with E-state index in [1.54, 1.807) is 0 Å². The molecule has 0 aliphatic heterocycles. The number of hydrogen-bond donors (Lipinski definition) is 3. The van der Waals surface area contributed by atoms with Crippen molar-refractivity contribution in [3.05, 3.63) is 30.0 Å². The van der Waals surface area contributed by atoms with Gasteiger partial charge in [-0.3, -0.25) is 0 Å². The fraction of sp³-hybridized carbons (Fsp3) is 0.667. The molecule has 13 heteroatoms. The lowest BCUT2D eigenvalue weighted by Gasteiger charge is -2.06. The summed E-state index contributed by atoms with van der Waals surface area (Å²) in [6.07, 6.45) is 6.05. The van der Waals surface area contributed by atoms with Crippen molar-refractivity contribution in [1.29, 1.82) is 0 Å². The minimum Gasteiger partial charge on any atom is -0.677 e. The molecule has 0 unspecified atom stereocenters. The monoisotopic (exact) mass is 496 g/mol. The highest BCUT2D eigenvalue weighted by Crippen LogP contribution is 1.85. The molecule has 0 saturated carbocycles. The quantitative estimate of drug-likeness (QED) is 0.0964. The van der Waals surface area contributed by atoms with Gasteiger partial charge in [-0.2, -0.15) is 0 Å².